The van der Waals surface area contributed by atoms with Crippen LogP contribution in [0.25, 0.3) is 11.3 Å². The lowest BCUT2D eigenvalue weighted by Crippen LogP contribution is -2.64. The summed E-state index contributed by atoms with van der Waals surface area (Å²) in [7, 11) is 0. The fourth-order valence-corrected chi connectivity index (χ4v) is 5.89. The van der Waals surface area contributed by atoms with Crippen LogP contribution in [0.2, 0.25) is 0 Å². The largest absolute Gasteiger partial charge is 0.456 e. The van der Waals surface area contributed by atoms with E-state index in [2.05, 4.69) is 10.3 Å². The molecule has 2 aliphatic heterocycles. The summed E-state index contributed by atoms with van der Waals surface area (Å²) in [4.78, 5) is 12.4. The number of para-hydroxylation sites is 2. The van der Waals surface area contributed by atoms with Crippen molar-refractivity contribution >= 4 is 5.91 Å². The van der Waals surface area contributed by atoms with Gasteiger partial charge in [-0.1, -0.05) is 35.5 Å². The highest BCUT2D eigenvalue weighted by atomic mass is 19.2. The standard InChI is InChI=1S/C30H27F3N4O7/c31-20-11-15(12-21(32)24(20)33)22-13-37(36-35-22)25-26(39)23(14-38)44-30(28(25)40)19(9-10-42-30)17-7-4-8-18(29(34)41)27(17)43-16-5-2-1-3-6-16/h1-8,11-13,19,23,25-26,28,38-40H,9-10,14H2,(H2,34,41)/t19-,23-,25+,26+,28-,30+/m1/s1. The van der Waals surface area contributed by atoms with E-state index < -0.39 is 66.0 Å². The molecule has 3 aromatic carbocycles. The van der Waals surface area contributed by atoms with Crippen molar-refractivity contribution in [3.05, 3.63) is 95.4 Å². The third kappa shape index (κ3) is 5.00. The van der Waals surface area contributed by atoms with Crippen molar-refractivity contribution in [3.8, 4) is 22.8 Å². The topological polar surface area (TPSA) is 162 Å². The van der Waals surface area contributed by atoms with Crippen molar-refractivity contribution < 1.29 is 47.5 Å². The molecule has 1 spiro atoms. The first-order chi connectivity index (χ1) is 21.1. The lowest BCUT2D eigenvalue weighted by atomic mass is 9.79. The van der Waals surface area contributed by atoms with Crippen LogP contribution in [0.15, 0.2) is 66.9 Å². The number of carbonyl (C=O) groups excluding carboxylic acids is 1. The van der Waals surface area contributed by atoms with Crippen molar-refractivity contribution in [1.82, 2.24) is 15.0 Å². The van der Waals surface area contributed by atoms with Gasteiger partial charge in [-0.15, -0.1) is 5.10 Å². The minimum Gasteiger partial charge on any atom is -0.456 e. The molecule has 0 aliphatic carbocycles. The van der Waals surface area contributed by atoms with Crippen LogP contribution in [0.3, 0.4) is 0 Å². The van der Waals surface area contributed by atoms with E-state index in [-0.39, 0.29) is 35.6 Å². The second-order valence-electron chi connectivity index (χ2n) is 10.5. The molecule has 0 bridgehead atoms. The average molecular weight is 613 g/mol. The fraction of sp³-hybridized carbons (Fsp3) is 0.300. The van der Waals surface area contributed by atoms with Crippen molar-refractivity contribution in [2.24, 2.45) is 5.73 Å². The maximum Gasteiger partial charge on any atom is 0.252 e. The monoisotopic (exact) mass is 612 g/mol. The van der Waals surface area contributed by atoms with Crippen molar-refractivity contribution in [2.45, 2.75) is 42.5 Å². The number of hydrogen-bond donors (Lipinski definition) is 4. The van der Waals surface area contributed by atoms with Crippen molar-refractivity contribution in [2.75, 3.05) is 13.2 Å². The van der Waals surface area contributed by atoms with Gasteiger partial charge in [0.25, 0.3) is 5.91 Å². The zero-order chi connectivity index (χ0) is 31.2. The van der Waals surface area contributed by atoms with Gasteiger partial charge in [-0.05, 0) is 36.8 Å². The molecule has 2 saturated heterocycles. The maximum atomic E-state index is 13.9. The van der Waals surface area contributed by atoms with Gasteiger partial charge in [0.05, 0.1) is 25.0 Å². The molecule has 4 aromatic rings. The van der Waals surface area contributed by atoms with Gasteiger partial charge >= 0.3 is 0 Å². The number of benzene rings is 3. The second kappa shape index (κ2) is 11.6. The zero-order valence-corrected chi connectivity index (χ0v) is 22.9. The highest BCUT2D eigenvalue weighted by Gasteiger charge is 2.62. The van der Waals surface area contributed by atoms with Crippen LogP contribution in [0, 0.1) is 17.5 Å². The van der Waals surface area contributed by atoms with Crippen molar-refractivity contribution in [3.63, 3.8) is 0 Å². The summed E-state index contributed by atoms with van der Waals surface area (Å²) < 4.78 is 60.7. The number of halogens is 3. The molecule has 5 N–H and O–H groups in total. The van der Waals surface area contributed by atoms with Gasteiger partial charge in [-0.25, -0.2) is 17.9 Å². The number of ether oxygens (including phenoxy) is 3. The molecule has 230 valence electrons. The molecule has 0 radical (unpaired) electrons. The SMILES string of the molecule is NC(=O)c1cccc([C@H]2CCO[C@]23O[C@H](CO)[C@H](O)[C@H](n2cc(-c4cc(F)c(F)c(F)c4)nn2)[C@H]3O)c1Oc1ccccc1. The second-order valence-corrected chi connectivity index (χ2v) is 10.5. The van der Waals surface area contributed by atoms with Crippen LogP contribution in [-0.4, -0.2) is 73.5 Å². The number of aliphatic hydroxyl groups is 3. The first kappa shape index (κ1) is 29.7. The van der Waals surface area contributed by atoms with E-state index in [4.69, 9.17) is 19.9 Å². The summed E-state index contributed by atoms with van der Waals surface area (Å²) in [5.74, 6) is -7.48. The first-order valence-corrected chi connectivity index (χ1v) is 13.7. The van der Waals surface area contributed by atoms with Crippen molar-refractivity contribution in [1.29, 1.82) is 0 Å². The summed E-state index contributed by atoms with van der Waals surface area (Å²) in [5, 5.41) is 41.1. The first-order valence-electron chi connectivity index (χ1n) is 13.7. The van der Waals surface area contributed by atoms with Gasteiger partial charge < -0.3 is 35.3 Å². The summed E-state index contributed by atoms with van der Waals surface area (Å²) in [6, 6.07) is 13.5. The number of aromatic nitrogens is 3. The van der Waals surface area contributed by atoms with Gasteiger partial charge in [0.15, 0.2) is 17.5 Å². The van der Waals surface area contributed by atoms with E-state index in [0.29, 0.717) is 11.3 Å². The molecule has 0 saturated carbocycles. The van der Waals surface area contributed by atoms with E-state index in [1.807, 2.05) is 0 Å². The van der Waals surface area contributed by atoms with Gasteiger partial charge in [0.1, 0.15) is 41.5 Å². The lowest BCUT2D eigenvalue weighted by molar-refractivity contribution is -0.344. The fourth-order valence-electron chi connectivity index (χ4n) is 5.89. The van der Waals surface area contributed by atoms with Crippen LogP contribution in [0.5, 0.6) is 11.5 Å². The molecular formula is C30H27F3N4O7. The molecule has 6 rings (SSSR count). The summed E-state index contributed by atoms with van der Waals surface area (Å²) in [6.45, 7) is -0.613. The van der Waals surface area contributed by atoms with Crippen LogP contribution >= 0.6 is 0 Å². The van der Waals surface area contributed by atoms with Gasteiger partial charge in [0.2, 0.25) is 5.79 Å². The Kier molecular flexibility index (Phi) is 7.86. The van der Waals surface area contributed by atoms with E-state index in [1.54, 1.807) is 42.5 Å². The van der Waals surface area contributed by atoms with E-state index >= 15 is 0 Å². The number of primary amides is 1. The number of rotatable bonds is 7. The van der Waals surface area contributed by atoms with Gasteiger partial charge in [0, 0.05) is 17.0 Å². The Bertz CT molecular complexity index is 1670. The number of amides is 1. The smallest absolute Gasteiger partial charge is 0.252 e. The Morgan fingerprint density at radius 1 is 1.09 bits per heavy atom. The van der Waals surface area contributed by atoms with Crippen LogP contribution in [0.1, 0.15) is 34.3 Å². The zero-order valence-electron chi connectivity index (χ0n) is 22.9. The molecule has 1 aromatic heterocycles. The van der Waals surface area contributed by atoms with E-state index in [1.165, 1.54) is 12.3 Å². The molecule has 6 atom stereocenters. The predicted molar refractivity (Wildman–Crippen MR) is 146 cm³/mol. The minimum absolute atomic E-state index is 0.0636. The molecule has 0 unspecified atom stereocenters. The quantitative estimate of drug-likeness (QED) is 0.230. The number of nitrogens with two attached hydrogens (primary N) is 1. The highest BCUT2D eigenvalue weighted by molar-refractivity contribution is 5.96. The Morgan fingerprint density at radius 3 is 2.50 bits per heavy atom. The lowest BCUT2D eigenvalue weighted by Gasteiger charge is -2.50. The van der Waals surface area contributed by atoms with E-state index in [0.717, 1.165) is 16.8 Å². The average Bonchev–Trinajstić information content (AvgIpc) is 3.67. The van der Waals surface area contributed by atoms with E-state index in [9.17, 15) is 33.3 Å². The number of hydrogen-bond acceptors (Lipinski definition) is 9. The van der Waals surface area contributed by atoms with Crippen LogP contribution in [-0.2, 0) is 9.47 Å². The Balaban J connectivity index is 1.42. The van der Waals surface area contributed by atoms with Gasteiger partial charge in [-0.2, -0.15) is 0 Å². The third-order valence-electron chi connectivity index (χ3n) is 7.95. The highest BCUT2D eigenvalue weighted by Crippen LogP contribution is 2.52. The Hall–Kier alpha value is -4.34. The molecule has 11 nitrogen and oxygen atoms in total. The van der Waals surface area contributed by atoms with Crippen LogP contribution < -0.4 is 10.5 Å². The number of aliphatic hydroxyl groups excluding tert-OH is 3. The Morgan fingerprint density at radius 2 is 1.82 bits per heavy atom. The summed E-state index contributed by atoms with van der Waals surface area (Å²) in [6.07, 6.45) is -3.06. The maximum absolute atomic E-state index is 13.9. The normalized spacial score (nSPS) is 26.6. The molecule has 2 fully saturated rings. The Labute approximate surface area is 248 Å². The molecule has 3 heterocycles. The number of nitrogens with zero attached hydrogens (tertiary/aromatic N) is 3. The minimum atomic E-state index is -1.90. The summed E-state index contributed by atoms with van der Waals surface area (Å²) in [5.41, 5.74) is 5.93. The molecule has 1 amide bonds. The molecule has 14 heteroatoms. The van der Waals surface area contributed by atoms with Gasteiger partial charge in [-0.3, -0.25) is 4.79 Å². The number of carbonyl (C=O) groups is 1. The third-order valence-corrected chi connectivity index (χ3v) is 7.95. The summed E-state index contributed by atoms with van der Waals surface area (Å²) >= 11 is 0. The molecule has 2 aliphatic rings. The van der Waals surface area contributed by atoms with Crippen LogP contribution in [0.4, 0.5) is 13.2 Å². The molecule has 44 heavy (non-hydrogen) atoms. The molecular weight excluding hydrogens is 585 g/mol. The predicted octanol–water partition coefficient (Wildman–Crippen LogP) is 2.81.